The summed E-state index contributed by atoms with van der Waals surface area (Å²) in [5, 5.41) is 11.6. The fourth-order valence-corrected chi connectivity index (χ4v) is 2.78. The maximum Gasteiger partial charge on any atom is 0.175 e. The molecule has 0 bridgehead atoms. The lowest BCUT2D eigenvalue weighted by Crippen LogP contribution is -2.19. The summed E-state index contributed by atoms with van der Waals surface area (Å²) in [4.78, 5) is 0. The van der Waals surface area contributed by atoms with Gasteiger partial charge in [0.2, 0.25) is 0 Å². The highest BCUT2D eigenvalue weighted by atomic mass is 35.5. The SMILES string of the molecule is COc1ccccc1NC(=S)Nc1cccc(Cn2cc(Cl)cn2)c1. The van der Waals surface area contributed by atoms with Crippen molar-refractivity contribution in [3.63, 3.8) is 0 Å². The molecule has 0 spiro atoms. The van der Waals surface area contributed by atoms with Gasteiger partial charge < -0.3 is 15.4 Å². The molecule has 2 N–H and O–H groups in total. The van der Waals surface area contributed by atoms with Crippen LogP contribution in [0.15, 0.2) is 60.9 Å². The van der Waals surface area contributed by atoms with Crippen LogP contribution in [0.1, 0.15) is 5.56 Å². The van der Waals surface area contributed by atoms with Gasteiger partial charge >= 0.3 is 0 Å². The van der Waals surface area contributed by atoms with E-state index in [-0.39, 0.29) is 0 Å². The minimum atomic E-state index is 0.490. The predicted octanol–water partition coefficient (Wildman–Crippen LogP) is 4.40. The summed E-state index contributed by atoms with van der Waals surface area (Å²) < 4.78 is 7.10. The van der Waals surface area contributed by atoms with E-state index >= 15 is 0 Å². The van der Waals surface area contributed by atoms with E-state index in [1.165, 1.54) is 0 Å². The van der Waals surface area contributed by atoms with E-state index in [2.05, 4.69) is 15.7 Å². The van der Waals surface area contributed by atoms with Gasteiger partial charge in [0.1, 0.15) is 5.75 Å². The van der Waals surface area contributed by atoms with Gasteiger partial charge in [0, 0.05) is 11.9 Å². The lowest BCUT2D eigenvalue weighted by molar-refractivity contribution is 0.417. The van der Waals surface area contributed by atoms with Gasteiger partial charge in [-0.3, -0.25) is 4.68 Å². The number of para-hydroxylation sites is 2. The molecule has 3 rings (SSSR count). The number of nitrogens with one attached hydrogen (secondary N) is 2. The van der Waals surface area contributed by atoms with Crippen molar-refractivity contribution >= 4 is 40.3 Å². The number of ether oxygens (including phenoxy) is 1. The number of halogens is 1. The van der Waals surface area contributed by atoms with Crippen molar-refractivity contribution in [2.45, 2.75) is 6.54 Å². The number of methoxy groups -OCH3 is 1. The summed E-state index contributed by atoms with van der Waals surface area (Å²) in [6, 6.07) is 15.6. The molecule has 25 heavy (non-hydrogen) atoms. The third-order valence-corrected chi connectivity index (χ3v) is 3.89. The third-order valence-electron chi connectivity index (χ3n) is 3.49. The molecule has 2 aromatic carbocycles. The molecule has 0 atom stereocenters. The Labute approximate surface area is 156 Å². The standard InChI is InChI=1S/C18H17ClN4OS/c1-24-17-8-3-2-7-16(17)22-18(25)21-15-6-4-5-13(9-15)11-23-12-14(19)10-20-23/h2-10,12H,11H2,1H3,(H2,21,22,25). The third kappa shape index (κ3) is 4.71. The van der Waals surface area contributed by atoms with Crippen LogP contribution in [0.25, 0.3) is 0 Å². The molecule has 0 aliphatic rings. The predicted molar refractivity (Wildman–Crippen MR) is 106 cm³/mol. The highest BCUT2D eigenvalue weighted by Gasteiger charge is 2.05. The number of hydrogen-bond acceptors (Lipinski definition) is 3. The van der Waals surface area contributed by atoms with Crippen LogP contribution in [0, 0.1) is 0 Å². The maximum absolute atomic E-state index is 5.90. The van der Waals surface area contributed by atoms with Crippen LogP contribution >= 0.6 is 23.8 Å². The summed E-state index contributed by atoms with van der Waals surface area (Å²) >= 11 is 11.3. The maximum atomic E-state index is 5.90. The molecule has 0 amide bonds. The van der Waals surface area contributed by atoms with Crippen LogP contribution in [0.4, 0.5) is 11.4 Å². The van der Waals surface area contributed by atoms with Gasteiger partial charge in [0.05, 0.1) is 30.6 Å². The van der Waals surface area contributed by atoms with Crippen LogP contribution in [-0.4, -0.2) is 22.0 Å². The van der Waals surface area contributed by atoms with Crippen molar-refractivity contribution in [3.8, 4) is 5.75 Å². The number of hydrogen-bond donors (Lipinski definition) is 2. The zero-order valence-corrected chi connectivity index (χ0v) is 15.1. The topological polar surface area (TPSA) is 51.1 Å². The Kier molecular flexibility index (Phi) is 5.53. The first-order valence-electron chi connectivity index (χ1n) is 7.62. The second kappa shape index (κ2) is 8.00. The van der Waals surface area contributed by atoms with Crippen LogP contribution in [0.5, 0.6) is 5.75 Å². The summed E-state index contributed by atoms with van der Waals surface area (Å²) in [6.45, 7) is 0.634. The van der Waals surface area contributed by atoms with E-state index in [1.54, 1.807) is 24.2 Å². The molecular weight excluding hydrogens is 356 g/mol. The molecule has 1 aromatic heterocycles. The Hall–Kier alpha value is -2.57. The van der Waals surface area contributed by atoms with Crippen molar-refractivity contribution < 1.29 is 4.74 Å². The second-order valence-corrected chi connectivity index (χ2v) is 6.18. The quantitative estimate of drug-likeness (QED) is 0.650. The minimum absolute atomic E-state index is 0.490. The zero-order chi connectivity index (χ0) is 17.6. The lowest BCUT2D eigenvalue weighted by atomic mass is 10.2. The molecule has 0 saturated carbocycles. The summed E-state index contributed by atoms with van der Waals surface area (Å²) in [7, 11) is 1.63. The zero-order valence-electron chi connectivity index (χ0n) is 13.6. The normalized spacial score (nSPS) is 10.3. The van der Waals surface area contributed by atoms with E-state index in [9.17, 15) is 0 Å². The highest BCUT2D eigenvalue weighted by Crippen LogP contribution is 2.23. The molecule has 0 aliphatic carbocycles. The number of nitrogens with zero attached hydrogens (tertiary/aromatic N) is 2. The van der Waals surface area contributed by atoms with Crippen molar-refractivity contribution in [2.24, 2.45) is 0 Å². The Balaban J connectivity index is 1.66. The average Bonchev–Trinajstić information content (AvgIpc) is 3.00. The molecule has 7 heteroatoms. The monoisotopic (exact) mass is 372 g/mol. The number of rotatable bonds is 5. The van der Waals surface area contributed by atoms with Crippen LogP contribution in [-0.2, 0) is 6.54 Å². The first-order chi connectivity index (χ1) is 12.1. The highest BCUT2D eigenvalue weighted by molar-refractivity contribution is 7.80. The smallest absolute Gasteiger partial charge is 0.175 e. The molecule has 0 unspecified atom stereocenters. The summed E-state index contributed by atoms with van der Waals surface area (Å²) in [5.74, 6) is 0.732. The molecule has 0 saturated heterocycles. The Bertz CT molecular complexity index is 881. The number of thiocarbonyl (C=S) groups is 1. The fraction of sp³-hybridized carbons (Fsp3) is 0.111. The van der Waals surface area contributed by atoms with E-state index in [4.69, 9.17) is 28.6 Å². The van der Waals surface area contributed by atoms with Crippen LogP contribution in [0.2, 0.25) is 5.02 Å². The largest absolute Gasteiger partial charge is 0.495 e. The minimum Gasteiger partial charge on any atom is -0.495 e. The van der Waals surface area contributed by atoms with E-state index < -0.39 is 0 Å². The van der Waals surface area contributed by atoms with Crippen molar-refractivity contribution in [1.82, 2.24) is 9.78 Å². The van der Waals surface area contributed by atoms with Gasteiger partial charge in [-0.2, -0.15) is 5.10 Å². The average molecular weight is 373 g/mol. The van der Waals surface area contributed by atoms with Gasteiger partial charge in [-0.25, -0.2) is 0 Å². The Morgan fingerprint density at radius 1 is 1.20 bits per heavy atom. The lowest BCUT2D eigenvalue weighted by Gasteiger charge is -2.14. The molecular formula is C18H17ClN4OS. The van der Waals surface area contributed by atoms with Gasteiger partial charge in [-0.1, -0.05) is 35.9 Å². The molecule has 0 fully saturated rings. The number of benzene rings is 2. The molecule has 3 aromatic rings. The Morgan fingerprint density at radius 2 is 2.04 bits per heavy atom. The first-order valence-corrected chi connectivity index (χ1v) is 8.40. The molecule has 1 heterocycles. The van der Waals surface area contributed by atoms with Gasteiger partial charge in [-0.15, -0.1) is 0 Å². The summed E-state index contributed by atoms with van der Waals surface area (Å²) in [6.07, 6.45) is 3.41. The molecule has 128 valence electrons. The number of anilines is 2. The second-order valence-electron chi connectivity index (χ2n) is 5.34. The van der Waals surface area contributed by atoms with Gasteiger partial charge in [0.25, 0.3) is 0 Å². The van der Waals surface area contributed by atoms with Crippen molar-refractivity contribution in [2.75, 3.05) is 17.7 Å². The fourth-order valence-electron chi connectivity index (χ4n) is 2.39. The van der Waals surface area contributed by atoms with Crippen LogP contribution in [0.3, 0.4) is 0 Å². The van der Waals surface area contributed by atoms with Gasteiger partial charge in [0.15, 0.2) is 5.11 Å². The summed E-state index contributed by atoms with van der Waals surface area (Å²) in [5.41, 5.74) is 2.79. The number of aromatic nitrogens is 2. The van der Waals surface area contributed by atoms with Crippen molar-refractivity contribution in [3.05, 3.63) is 71.5 Å². The van der Waals surface area contributed by atoms with Crippen LogP contribution < -0.4 is 15.4 Å². The van der Waals surface area contributed by atoms with E-state index in [0.717, 1.165) is 22.7 Å². The molecule has 0 aliphatic heterocycles. The molecule has 5 nitrogen and oxygen atoms in total. The first kappa shape index (κ1) is 17.3. The Morgan fingerprint density at radius 3 is 2.80 bits per heavy atom. The van der Waals surface area contributed by atoms with Gasteiger partial charge in [-0.05, 0) is 42.0 Å². The van der Waals surface area contributed by atoms with E-state index in [0.29, 0.717) is 16.7 Å². The van der Waals surface area contributed by atoms with Crippen molar-refractivity contribution in [1.29, 1.82) is 0 Å². The van der Waals surface area contributed by atoms with E-state index in [1.807, 2.05) is 48.5 Å². The molecule has 0 radical (unpaired) electrons.